The zero-order chi connectivity index (χ0) is 17.8. The molecule has 0 aromatic heterocycles. The first-order valence-electron chi connectivity index (χ1n) is 8.20. The van der Waals surface area contributed by atoms with Gasteiger partial charge in [-0.15, -0.1) is 0 Å². The van der Waals surface area contributed by atoms with Crippen molar-refractivity contribution in [1.29, 1.82) is 5.26 Å². The zero-order valence-corrected chi connectivity index (χ0v) is 13.8. The Bertz CT molecular complexity index is 677. The van der Waals surface area contributed by atoms with Gasteiger partial charge < -0.3 is 9.84 Å². The number of cyclic esters (lactones) is 1. The molecule has 0 saturated carbocycles. The number of amides is 1. The Hall–Kier alpha value is -2.63. The number of aliphatic carboxylic acids is 1. The van der Waals surface area contributed by atoms with Gasteiger partial charge >= 0.3 is 12.1 Å². The van der Waals surface area contributed by atoms with Crippen molar-refractivity contribution in [2.75, 3.05) is 50.7 Å². The fraction of sp³-hybridized carbons (Fsp3) is 0.471. The summed E-state index contributed by atoms with van der Waals surface area (Å²) in [7, 11) is 0. The van der Waals surface area contributed by atoms with Gasteiger partial charge in [0.25, 0.3) is 0 Å². The van der Waals surface area contributed by atoms with E-state index in [4.69, 9.17) is 15.1 Å². The molecule has 0 bridgehead atoms. The highest BCUT2D eigenvalue weighted by atomic mass is 16.6. The van der Waals surface area contributed by atoms with E-state index < -0.39 is 5.97 Å². The molecule has 2 fully saturated rings. The second kappa shape index (κ2) is 7.51. The molecule has 25 heavy (non-hydrogen) atoms. The van der Waals surface area contributed by atoms with E-state index in [0.717, 1.165) is 18.8 Å². The second-order valence-corrected chi connectivity index (χ2v) is 6.25. The van der Waals surface area contributed by atoms with Crippen LogP contribution in [0.25, 0.3) is 0 Å². The fourth-order valence-corrected chi connectivity index (χ4v) is 3.15. The SMILES string of the molecule is N#Cc1ccc(N2C[C@@H](CN3CCN(CC(=O)O)CC3)OC2=O)cc1. The summed E-state index contributed by atoms with van der Waals surface area (Å²) in [5.41, 5.74) is 1.27. The summed E-state index contributed by atoms with van der Waals surface area (Å²) >= 11 is 0. The van der Waals surface area contributed by atoms with Crippen molar-refractivity contribution >= 4 is 17.7 Å². The van der Waals surface area contributed by atoms with Crippen LogP contribution in [0.3, 0.4) is 0 Å². The van der Waals surface area contributed by atoms with Gasteiger partial charge in [-0.3, -0.25) is 19.5 Å². The van der Waals surface area contributed by atoms with E-state index in [-0.39, 0.29) is 18.7 Å². The minimum atomic E-state index is -0.809. The topological polar surface area (TPSA) is 97.1 Å². The van der Waals surface area contributed by atoms with Crippen LogP contribution < -0.4 is 4.90 Å². The summed E-state index contributed by atoms with van der Waals surface area (Å²) in [5, 5.41) is 17.7. The summed E-state index contributed by atoms with van der Waals surface area (Å²) in [6.45, 7) is 4.10. The number of nitrogens with zero attached hydrogens (tertiary/aromatic N) is 4. The Balaban J connectivity index is 1.51. The quantitative estimate of drug-likeness (QED) is 0.835. The van der Waals surface area contributed by atoms with Crippen molar-refractivity contribution < 1.29 is 19.4 Å². The van der Waals surface area contributed by atoms with Crippen LogP contribution >= 0.6 is 0 Å². The Morgan fingerprint density at radius 2 is 1.84 bits per heavy atom. The number of benzene rings is 1. The third kappa shape index (κ3) is 4.26. The number of ether oxygens (including phenoxy) is 1. The molecule has 8 nitrogen and oxygen atoms in total. The molecule has 1 amide bonds. The van der Waals surface area contributed by atoms with Gasteiger partial charge in [-0.05, 0) is 24.3 Å². The molecule has 2 aliphatic heterocycles. The average molecular weight is 344 g/mol. The molecule has 0 spiro atoms. The van der Waals surface area contributed by atoms with Crippen LogP contribution in [0, 0.1) is 11.3 Å². The predicted molar refractivity (Wildman–Crippen MR) is 89.3 cm³/mol. The molecule has 3 rings (SSSR count). The van der Waals surface area contributed by atoms with Gasteiger partial charge in [0.15, 0.2) is 0 Å². The Kier molecular flexibility index (Phi) is 5.16. The number of hydrogen-bond donors (Lipinski definition) is 1. The summed E-state index contributed by atoms with van der Waals surface area (Å²) in [6.07, 6.45) is -0.589. The van der Waals surface area contributed by atoms with E-state index in [1.165, 1.54) is 0 Å². The van der Waals surface area contributed by atoms with Crippen molar-refractivity contribution in [2.24, 2.45) is 0 Å². The number of carbonyl (C=O) groups excluding carboxylic acids is 1. The van der Waals surface area contributed by atoms with E-state index in [0.29, 0.717) is 31.7 Å². The van der Waals surface area contributed by atoms with Crippen LogP contribution in [0.2, 0.25) is 0 Å². The number of anilines is 1. The maximum atomic E-state index is 12.1. The maximum absolute atomic E-state index is 12.1. The number of piperazine rings is 1. The first-order chi connectivity index (χ1) is 12.0. The number of hydrogen-bond acceptors (Lipinski definition) is 6. The molecule has 0 unspecified atom stereocenters. The van der Waals surface area contributed by atoms with Crippen molar-refractivity contribution in [3.63, 3.8) is 0 Å². The predicted octanol–water partition coefficient (Wildman–Crippen LogP) is 0.586. The van der Waals surface area contributed by atoms with Crippen molar-refractivity contribution in [2.45, 2.75) is 6.10 Å². The molecule has 2 saturated heterocycles. The van der Waals surface area contributed by atoms with E-state index in [9.17, 15) is 9.59 Å². The number of carboxylic acids is 1. The number of rotatable bonds is 5. The lowest BCUT2D eigenvalue weighted by atomic mass is 10.2. The standard InChI is InChI=1S/C17H20N4O4/c18-9-13-1-3-14(4-2-13)21-11-15(25-17(21)24)10-19-5-7-20(8-6-19)12-16(22)23/h1-4,15H,5-8,10-12H2,(H,22,23)/t15-/m1/s1. The molecule has 0 aliphatic carbocycles. The van der Waals surface area contributed by atoms with E-state index >= 15 is 0 Å². The van der Waals surface area contributed by atoms with Crippen LogP contribution in [-0.4, -0.2) is 78.9 Å². The van der Waals surface area contributed by atoms with E-state index in [1.807, 2.05) is 4.90 Å². The van der Waals surface area contributed by atoms with Crippen LogP contribution in [-0.2, 0) is 9.53 Å². The number of nitriles is 1. The lowest BCUT2D eigenvalue weighted by Crippen LogP contribution is -2.50. The van der Waals surface area contributed by atoms with E-state index in [2.05, 4.69) is 11.0 Å². The smallest absolute Gasteiger partial charge is 0.414 e. The molecule has 2 aliphatic rings. The second-order valence-electron chi connectivity index (χ2n) is 6.25. The molecule has 1 aromatic rings. The van der Waals surface area contributed by atoms with Crippen molar-refractivity contribution in [3.05, 3.63) is 29.8 Å². The summed E-state index contributed by atoms with van der Waals surface area (Å²) in [4.78, 5) is 28.5. The fourth-order valence-electron chi connectivity index (χ4n) is 3.15. The third-order valence-electron chi connectivity index (χ3n) is 4.47. The van der Waals surface area contributed by atoms with Crippen molar-refractivity contribution in [3.8, 4) is 6.07 Å². The molecule has 0 radical (unpaired) electrons. The third-order valence-corrected chi connectivity index (χ3v) is 4.47. The Morgan fingerprint density at radius 3 is 2.44 bits per heavy atom. The summed E-state index contributed by atoms with van der Waals surface area (Å²) in [5.74, 6) is -0.809. The van der Waals surface area contributed by atoms with Gasteiger partial charge in [-0.2, -0.15) is 5.26 Å². The normalized spacial score (nSPS) is 21.8. The minimum absolute atomic E-state index is 0.0682. The van der Waals surface area contributed by atoms with Gasteiger partial charge in [0, 0.05) is 38.4 Å². The maximum Gasteiger partial charge on any atom is 0.414 e. The van der Waals surface area contributed by atoms with Gasteiger partial charge in [0.2, 0.25) is 0 Å². The van der Waals surface area contributed by atoms with Gasteiger partial charge in [0.1, 0.15) is 6.10 Å². The number of carbonyl (C=O) groups is 2. The van der Waals surface area contributed by atoms with E-state index in [1.54, 1.807) is 29.2 Å². The van der Waals surface area contributed by atoms with Gasteiger partial charge in [-0.1, -0.05) is 0 Å². The van der Waals surface area contributed by atoms with Crippen LogP contribution in [0.15, 0.2) is 24.3 Å². The highest BCUT2D eigenvalue weighted by Gasteiger charge is 2.34. The monoisotopic (exact) mass is 344 g/mol. The molecule has 2 heterocycles. The van der Waals surface area contributed by atoms with Crippen molar-refractivity contribution in [1.82, 2.24) is 9.80 Å². The minimum Gasteiger partial charge on any atom is -0.480 e. The first-order valence-corrected chi connectivity index (χ1v) is 8.20. The van der Waals surface area contributed by atoms with Gasteiger partial charge in [-0.25, -0.2) is 4.79 Å². The molecule has 1 aromatic carbocycles. The summed E-state index contributed by atoms with van der Waals surface area (Å²) in [6, 6.07) is 8.89. The Morgan fingerprint density at radius 1 is 1.20 bits per heavy atom. The zero-order valence-electron chi connectivity index (χ0n) is 13.8. The largest absolute Gasteiger partial charge is 0.480 e. The molecule has 132 valence electrons. The highest BCUT2D eigenvalue weighted by Crippen LogP contribution is 2.22. The lowest BCUT2D eigenvalue weighted by Gasteiger charge is -2.34. The van der Waals surface area contributed by atoms with Gasteiger partial charge in [0.05, 0.1) is 24.7 Å². The lowest BCUT2D eigenvalue weighted by molar-refractivity contribution is -0.138. The first kappa shape index (κ1) is 17.2. The van der Waals surface area contributed by atoms with Crippen LogP contribution in [0.5, 0.6) is 0 Å². The highest BCUT2D eigenvalue weighted by molar-refractivity contribution is 5.89. The molecule has 1 N–H and O–H groups in total. The summed E-state index contributed by atoms with van der Waals surface area (Å²) < 4.78 is 5.45. The molecule has 8 heteroatoms. The molecular formula is C17H20N4O4. The average Bonchev–Trinajstić information content (AvgIpc) is 2.96. The number of carboxylic acid groups (broad SMARTS) is 1. The Labute approximate surface area is 145 Å². The van der Waals surface area contributed by atoms with Crippen LogP contribution in [0.4, 0.5) is 10.5 Å². The molecule has 1 atom stereocenters. The molecular weight excluding hydrogens is 324 g/mol. The van der Waals surface area contributed by atoms with Crippen LogP contribution in [0.1, 0.15) is 5.56 Å².